The van der Waals surface area contributed by atoms with E-state index in [0.717, 1.165) is 39.0 Å². The number of piperidine rings is 1. The number of nitrogens with one attached hydrogen (secondary N) is 1. The maximum Gasteiger partial charge on any atom is 0.272 e. The molecule has 1 aromatic carbocycles. The molecule has 22 heavy (non-hydrogen) atoms. The fourth-order valence-electron chi connectivity index (χ4n) is 2.86. The zero-order valence-corrected chi connectivity index (χ0v) is 13.2. The zero-order chi connectivity index (χ0) is 16.1. The van der Waals surface area contributed by atoms with Crippen molar-refractivity contribution in [1.29, 1.82) is 0 Å². The Labute approximate surface area is 130 Å². The van der Waals surface area contributed by atoms with Crippen LogP contribution in [0.25, 0.3) is 0 Å². The van der Waals surface area contributed by atoms with Crippen LogP contribution >= 0.6 is 0 Å². The Morgan fingerprint density at radius 1 is 1.41 bits per heavy atom. The van der Waals surface area contributed by atoms with E-state index in [4.69, 9.17) is 0 Å². The van der Waals surface area contributed by atoms with Crippen LogP contribution in [0.2, 0.25) is 0 Å². The number of amides is 1. The molecule has 1 aliphatic heterocycles. The van der Waals surface area contributed by atoms with Crippen molar-refractivity contribution in [3.05, 3.63) is 39.4 Å². The van der Waals surface area contributed by atoms with Crippen molar-refractivity contribution >= 4 is 11.6 Å². The fraction of sp³-hybridized carbons (Fsp3) is 0.562. The molecule has 0 bridgehead atoms. The number of hydrogen-bond acceptors (Lipinski definition) is 4. The summed E-state index contributed by atoms with van der Waals surface area (Å²) < 4.78 is 0. The van der Waals surface area contributed by atoms with Gasteiger partial charge in [-0.2, -0.15) is 0 Å². The van der Waals surface area contributed by atoms with E-state index in [0.29, 0.717) is 17.0 Å². The summed E-state index contributed by atoms with van der Waals surface area (Å²) in [6.45, 7) is 7.25. The van der Waals surface area contributed by atoms with Crippen molar-refractivity contribution in [1.82, 2.24) is 10.2 Å². The van der Waals surface area contributed by atoms with Crippen molar-refractivity contribution in [2.75, 3.05) is 26.2 Å². The number of carbonyl (C=O) groups excluding carboxylic acids is 1. The Morgan fingerprint density at radius 3 is 2.64 bits per heavy atom. The molecule has 1 amide bonds. The first-order valence-electron chi connectivity index (χ1n) is 7.78. The smallest absolute Gasteiger partial charge is 0.272 e. The Morgan fingerprint density at radius 2 is 2.09 bits per heavy atom. The highest BCUT2D eigenvalue weighted by Gasteiger charge is 2.24. The van der Waals surface area contributed by atoms with Gasteiger partial charge >= 0.3 is 0 Å². The van der Waals surface area contributed by atoms with Gasteiger partial charge in [0, 0.05) is 30.3 Å². The SMILES string of the molecule is CCNCC1CCN(C(=O)c2ccc([N+](=O)[O-])c(C)c2)CC1. The van der Waals surface area contributed by atoms with Crippen molar-refractivity contribution in [3.63, 3.8) is 0 Å². The van der Waals surface area contributed by atoms with Gasteiger partial charge in [-0.05, 0) is 50.9 Å². The predicted octanol–water partition coefficient (Wildman–Crippen LogP) is 2.36. The van der Waals surface area contributed by atoms with Gasteiger partial charge in [0.25, 0.3) is 11.6 Å². The highest BCUT2D eigenvalue weighted by Crippen LogP contribution is 2.22. The minimum atomic E-state index is -0.421. The molecule has 0 spiro atoms. The maximum absolute atomic E-state index is 12.5. The molecule has 1 aromatic rings. The molecule has 1 aliphatic rings. The number of benzene rings is 1. The summed E-state index contributed by atoms with van der Waals surface area (Å²) in [5.41, 5.74) is 1.12. The lowest BCUT2D eigenvalue weighted by Gasteiger charge is -2.32. The van der Waals surface area contributed by atoms with Crippen LogP contribution in [0.15, 0.2) is 18.2 Å². The first-order chi connectivity index (χ1) is 10.5. The largest absolute Gasteiger partial charge is 0.339 e. The summed E-state index contributed by atoms with van der Waals surface area (Å²) in [5.74, 6) is 0.600. The Kier molecular flexibility index (Phi) is 5.49. The summed E-state index contributed by atoms with van der Waals surface area (Å²) in [6.07, 6.45) is 2.01. The lowest BCUT2D eigenvalue weighted by atomic mass is 9.96. The summed E-state index contributed by atoms with van der Waals surface area (Å²) in [4.78, 5) is 24.8. The van der Waals surface area contributed by atoms with E-state index in [1.54, 1.807) is 19.1 Å². The second-order valence-electron chi connectivity index (χ2n) is 5.80. The van der Waals surface area contributed by atoms with Crippen molar-refractivity contribution < 1.29 is 9.72 Å². The van der Waals surface area contributed by atoms with Gasteiger partial charge in [0.2, 0.25) is 0 Å². The molecular weight excluding hydrogens is 282 g/mol. The molecule has 1 saturated heterocycles. The lowest BCUT2D eigenvalue weighted by molar-refractivity contribution is -0.385. The van der Waals surface area contributed by atoms with E-state index in [1.807, 2.05) is 4.90 Å². The third-order valence-electron chi connectivity index (χ3n) is 4.23. The first kappa shape index (κ1) is 16.4. The second kappa shape index (κ2) is 7.35. The molecule has 1 fully saturated rings. The zero-order valence-electron chi connectivity index (χ0n) is 13.2. The normalized spacial score (nSPS) is 15.8. The molecule has 1 N–H and O–H groups in total. The van der Waals surface area contributed by atoms with Gasteiger partial charge < -0.3 is 10.2 Å². The summed E-state index contributed by atoms with van der Waals surface area (Å²) >= 11 is 0. The molecule has 0 radical (unpaired) electrons. The van der Waals surface area contributed by atoms with Crippen LogP contribution in [0.5, 0.6) is 0 Å². The van der Waals surface area contributed by atoms with Crippen LogP contribution < -0.4 is 5.32 Å². The molecule has 0 atom stereocenters. The van der Waals surface area contributed by atoms with Crippen LogP contribution in [0.4, 0.5) is 5.69 Å². The molecule has 6 nitrogen and oxygen atoms in total. The number of hydrogen-bond donors (Lipinski definition) is 1. The Bertz CT molecular complexity index is 552. The quantitative estimate of drug-likeness (QED) is 0.669. The Balaban J connectivity index is 1.98. The van der Waals surface area contributed by atoms with Crippen LogP contribution in [0.1, 0.15) is 35.7 Å². The third-order valence-corrected chi connectivity index (χ3v) is 4.23. The van der Waals surface area contributed by atoms with Crippen LogP contribution in [0.3, 0.4) is 0 Å². The third kappa shape index (κ3) is 3.82. The van der Waals surface area contributed by atoms with Gasteiger partial charge in [0.1, 0.15) is 0 Å². The topological polar surface area (TPSA) is 75.5 Å². The van der Waals surface area contributed by atoms with E-state index in [1.165, 1.54) is 6.07 Å². The van der Waals surface area contributed by atoms with Crippen LogP contribution in [-0.2, 0) is 0 Å². The van der Waals surface area contributed by atoms with Gasteiger partial charge in [-0.1, -0.05) is 6.92 Å². The van der Waals surface area contributed by atoms with E-state index < -0.39 is 4.92 Å². The molecule has 2 rings (SSSR count). The molecule has 0 aliphatic carbocycles. The number of nitro groups is 1. The average molecular weight is 305 g/mol. The fourth-order valence-corrected chi connectivity index (χ4v) is 2.86. The van der Waals surface area contributed by atoms with E-state index >= 15 is 0 Å². The van der Waals surface area contributed by atoms with Gasteiger partial charge in [-0.25, -0.2) is 0 Å². The summed E-state index contributed by atoms with van der Waals surface area (Å²) in [7, 11) is 0. The van der Waals surface area contributed by atoms with Gasteiger partial charge in [-0.15, -0.1) is 0 Å². The standard InChI is InChI=1S/C16H23N3O3/c1-3-17-11-13-6-8-18(9-7-13)16(20)14-4-5-15(19(21)22)12(2)10-14/h4-5,10,13,17H,3,6-9,11H2,1-2H3. The summed E-state index contributed by atoms with van der Waals surface area (Å²) in [5, 5.41) is 14.2. The van der Waals surface area contributed by atoms with Crippen molar-refractivity contribution in [3.8, 4) is 0 Å². The minimum absolute atomic E-state index is 0.0279. The number of likely N-dealkylation sites (tertiary alicyclic amines) is 1. The molecular formula is C16H23N3O3. The van der Waals surface area contributed by atoms with Gasteiger partial charge in [0.15, 0.2) is 0 Å². The molecule has 0 saturated carbocycles. The van der Waals surface area contributed by atoms with E-state index in [9.17, 15) is 14.9 Å². The highest BCUT2D eigenvalue weighted by atomic mass is 16.6. The first-order valence-corrected chi connectivity index (χ1v) is 7.78. The number of nitro benzene ring substituents is 1. The van der Waals surface area contributed by atoms with Crippen LogP contribution in [0, 0.1) is 23.0 Å². The summed E-state index contributed by atoms with van der Waals surface area (Å²) in [6, 6.07) is 4.59. The second-order valence-corrected chi connectivity index (χ2v) is 5.80. The number of carbonyl (C=O) groups is 1. The van der Waals surface area contributed by atoms with Gasteiger partial charge in [0.05, 0.1) is 4.92 Å². The Hall–Kier alpha value is -1.95. The van der Waals surface area contributed by atoms with Crippen molar-refractivity contribution in [2.24, 2.45) is 5.92 Å². The highest BCUT2D eigenvalue weighted by molar-refractivity contribution is 5.94. The number of aryl methyl sites for hydroxylation is 1. The average Bonchev–Trinajstić information content (AvgIpc) is 2.52. The van der Waals surface area contributed by atoms with Crippen LogP contribution in [-0.4, -0.2) is 41.9 Å². The molecule has 6 heteroatoms. The van der Waals surface area contributed by atoms with E-state index in [-0.39, 0.29) is 11.6 Å². The molecule has 120 valence electrons. The molecule has 0 unspecified atom stereocenters. The molecule has 1 heterocycles. The minimum Gasteiger partial charge on any atom is -0.339 e. The lowest BCUT2D eigenvalue weighted by Crippen LogP contribution is -2.40. The van der Waals surface area contributed by atoms with E-state index in [2.05, 4.69) is 12.2 Å². The van der Waals surface area contributed by atoms with Crippen molar-refractivity contribution in [2.45, 2.75) is 26.7 Å². The van der Waals surface area contributed by atoms with Gasteiger partial charge in [-0.3, -0.25) is 14.9 Å². The molecule has 0 aromatic heterocycles. The number of rotatable bonds is 5. The maximum atomic E-state index is 12.5. The number of nitrogens with zero attached hydrogens (tertiary/aromatic N) is 2. The predicted molar refractivity (Wildman–Crippen MR) is 85.0 cm³/mol. The monoisotopic (exact) mass is 305 g/mol.